The van der Waals surface area contributed by atoms with Gasteiger partial charge in [0.25, 0.3) is 0 Å². The number of benzene rings is 2. The molecule has 0 aliphatic carbocycles. The van der Waals surface area contributed by atoms with Gasteiger partial charge in [0.1, 0.15) is 5.75 Å². The Labute approximate surface area is 182 Å². The van der Waals surface area contributed by atoms with Crippen LogP contribution < -0.4 is 15.5 Å². The molecule has 30 heavy (non-hydrogen) atoms. The van der Waals surface area contributed by atoms with E-state index in [0.717, 1.165) is 19.5 Å². The second-order valence-corrected chi connectivity index (χ2v) is 8.86. The molecule has 0 saturated carbocycles. The normalized spacial score (nSPS) is 16.2. The number of nitrogens with one attached hydrogen (secondary N) is 2. The van der Waals surface area contributed by atoms with Crippen molar-refractivity contribution in [3.63, 3.8) is 0 Å². The van der Waals surface area contributed by atoms with Crippen molar-refractivity contribution in [2.45, 2.75) is 29.2 Å². The average molecular weight is 456 g/mol. The highest BCUT2D eigenvalue weighted by Crippen LogP contribution is 2.26. The lowest BCUT2D eigenvalue weighted by atomic mass is 10.1. The van der Waals surface area contributed by atoms with Crippen molar-refractivity contribution >= 4 is 28.2 Å². The molecule has 1 heterocycles. The lowest BCUT2D eigenvalue weighted by molar-refractivity contribution is -0.166. The molecule has 3 rings (SSSR count). The van der Waals surface area contributed by atoms with Gasteiger partial charge in [-0.2, -0.15) is 0 Å². The molecule has 1 aliphatic heterocycles. The molecule has 0 aromatic heterocycles. The topological polar surface area (TPSA) is 108 Å². The van der Waals surface area contributed by atoms with E-state index in [4.69, 9.17) is 4.74 Å². The van der Waals surface area contributed by atoms with Crippen LogP contribution in [-0.2, 0) is 21.2 Å². The standard InChI is InChI=1S/C20H25N3O5S.ClH/c1-28-17-6-8-18(9-7-17)29(26,27)19-5-3-2-4-16(19)14-23(25)22-20(24)12-15-10-11-21-13-15;/h2-9,15,21,25H,10-14H2,1H3,(H,22,24);1H. The molecule has 2 aromatic carbocycles. The first-order chi connectivity index (χ1) is 13.9. The first kappa shape index (κ1) is 24.1. The van der Waals surface area contributed by atoms with Gasteiger partial charge in [-0.1, -0.05) is 23.4 Å². The van der Waals surface area contributed by atoms with Crippen molar-refractivity contribution in [1.29, 1.82) is 0 Å². The molecule has 3 N–H and O–H groups in total. The van der Waals surface area contributed by atoms with Gasteiger partial charge in [-0.15, -0.1) is 12.4 Å². The van der Waals surface area contributed by atoms with Gasteiger partial charge in [0.05, 0.1) is 23.4 Å². The zero-order valence-electron chi connectivity index (χ0n) is 16.6. The number of halogens is 1. The van der Waals surface area contributed by atoms with E-state index in [1.165, 1.54) is 25.3 Å². The van der Waals surface area contributed by atoms with E-state index in [9.17, 15) is 18.4 Å². The Balaban J connectivity index is 0.00000320. The number of amides is 1. The molecule has 1 saturated heterocycles. The van der Waals surface area contributed by atoms with Crippen LogP contribution in [0.15, 0.2) is 58.3 Å². The molecule has 8 nitrogen and oxygen atoms in total. The van der Waals surface area contributed by atoms with Gasteiger partial charge in [-0.3, -0.25) is 15.4 Å². The molecule has 1 fully saturated rings. The van der Waals surface area contributed by atoms with E-state index >= 15 is 0 Å². The second kappa shape index (κ2) is 10.7. The van der Waals surface area contributed by atoms with Crippen LogP contribution in [0.2, 0.25) is 0 Å². The van der Waals surface area contributed by atoms with Gasteiger partial charge >= 0.3 is 0 Å². The first-order valence-electron chi connectivity index (χ1n) is 9.34. The number of carbonyl (C=O) groups excluding carboxylic acids is 1. The largest absolute Gasteiger partial charge is 0.497 e. The smallest absolute Gasteiger partial charge is 0.236 e. The van der Waals surface area contributed by atoms with Crippen molar-refractivity contribution in [2.75, 3.05) is 20.2 Å². The molecule has 0 bridgehead atoms. The molecule has 0 spiro atoms. The average Bonchev–Trinajstić information content (AvgIpc) is 3.21. The highest BCUT2D eigenvalue weighted by Gasteiger charge is 2.23. The minimum absolute atomic E-state index is 0. The number of hydrazine groups is 1. The molecular formula is C20H26ClN3O5S. The summed E-state index contributed by atoms with van der Waals surface area (Å²) in [6.07, 6.45) is 1.22. The van der Waals surface area contributed by atoms with E-state index < -0.39 is 9.84 Å². The maximum atomic E-state index is 13.1. The van der Waals surface area contributed by atoms with E-state index in [0.29, 0.717) is 22.9 Å². The summed E-state index contributed by atoms with van der Waals surface area (Å²) in [5.41, 5.74) is 2.77. The Bertz CT molecular complexity index is 947. The Morgan fingerprint density at radius 2 is 1.93 bits per heavy atom. The first-order valence-corrected chi connectivity index (χ1v) is 10.8. The summed E-state index contributed by atoms with van der Waals surface area (Å²) in [7, 11) is -2.30. The van der Waals surface area contributed by atoms with Crippen molar-refractivity contribution < 1.29 is 23.2 Å². The number of hydroxylamine groups is 1. The van der Waals surface area contributed by atoms with Gasteiger partial charge in [0.2, 0.25) is 15.7 Å². The van der Waals surface area contributed by atoms with Crippen LogP contribution in [0.3, 0.4) is 0 Å². The lowest BCUT2D eigenvalue weighted by Crippen LogP contribution is -2.40. The number of sulfone groups is 1. The van der Waals surface area contributed by atoms with Crippen LogP contribution >= 0.6 is 12.4 Å². The van der Waals surface area contributed by atoms with Gasteiger partial charge < -0.3 is 10.1 Å². The van der Waals surface area contributed by atoms with Crippen LogP contribution in [-0.4, -0.2) is 44.9 Å². The van der Waals surface area contributed by atoms with Gasteiger partial charge in [0.15, 0.2) is 0 Å². The van der Waals surface area contributed by atoms with E-state index in [1.54, 1.807) is 30.3 Å². The molecule has 1 aliphatic rings. The zero-order chi connectivity index (χ0) is 20.9. The fourth-order valence-electron chi connectivity index (χ4n) is 3.32. The Morgan fingerprint density at radius 3 is 2.57 bits per heavy atom. The van der Waals surface area contributed by atoms with Gasteiger partial charge in [-0.25, -0.2) is 8.42 Å². The second-order valence-electron chi connectivity index (χ2n) is 6.94. The summed E-state index contributed by atoms with van der Waals surface area (Å²) in [5, 5.41) is 14.0. The number of methoxy groups -OCH3 is 1. The van der Waals surface area contributed by atoms with Crippen molar-refractivity contribution in [3.05, 3.63) is 54.1 Å². The molecule has 0 radical (unpaired) electrons. The number of rotatable bonds is 8. The summed E-state index contributed by atoms with van der Waals surface area (Å²) in [6, 6.07) is 12.5. The SMILES string of the molecule is COc1ccc(S(=O)(=O)c2ccccc2CN(O)NC(=O)CC2CCNC2)cc1.Cl. The summed E-state index contributed by atoms with van der Waals surface area (Å²) in [4.78, 5) is 12.3. The number of hydrogen-bond acceptors (Lipinski definition) is 7. The van der Waals surface area contributed by atoms with E-state index in [-0.39, 0.29) is 40.6 Å². The van der Waals surface area contributed by atoms with Gasteiger partial charge in [-0.05, 0) is 61.3 Å². The lowest BCUT2D eigenvalue weighted by Gasteiger charge is -2.19. The maximum absolute atomic E-state index is 13.1. The Kier molecular flexibility index (Phi) is 8.63. The number of ether oxygens (including phenoxy) is 1. The maximum Gasteiger partial charge on any atom is 0.236 e. The third-order valence-electron chi connectivity index (χ3n) is 4.84. The highest BCUT2D eigenvalue weighted by atomic mass is 35.5. The fraction of sp³-hybridized carbons (Fsp3) is 0.350. The summed E-state index contributed by atoms with van der Waals surface area (Å²) >= 11 is 0. The predicted octanol–water partition coefficient (Wildman–Crippen LogP) is 2.17. The summed E-state index contributed by atoms with van der Waals surface area (Å²) in [5.74, 6) is 0.488. The van der Waals surface area contributed by atoms with Crippen LogP contribution in [0.5, 0.6) is 5.75 Å². The monoisotopic (exact) mass is 455 g/mol. The van der Waals surface area contributed by atoms with Gasteiger partial charge in [0, 0.05) is 6.42 Å². The minimum atomic E-state index is -3.80. The minimum Gasteiger partial charge on any atom is -0.497 e. The van der Waals surface area contributed by atoms with Crippen LogP contribution in [0, 0.1) is 5.92 Å². The highest BCUT2D eigenvalue weighted by molar-refractivity contribution is 7.91. The van der Waals surface area contributed by atoms with E-state index in [1.807, 2.05) is 0 Å². The third kappa shape index (κ3) is 5.93. The number of carbonyl (C=O) groups is 1. The van der Waals surface area contributed by atoms with Crippen LogP contribution in [0.4, 0.5) is 0 Å². The van der Waals surface area contributed by atoms with Crippen LogP contribution in [0.25, 0.3) is 0 Å². The summed E-state index contributed by atoms with van der Waals surface area (Å²) in [6.45, 7) is 1.50. The summed E-state index contributed by atoms with van der Waals surface area (Å²) < 4.78 is 31.2. The molecule has 164 valence electrons. The number of hydrogen-bond donors (Lipinski definition) is 3. The Morgan fingerprint density at radius 1 is 1.23 bits per heavy atom. The molecular weight excluding hydrogens is 430 g/mol. The fourth-order valence-corrected chi connectivity index (χ4v) is 4.80. The predicted molar refractivity (Wildman–Crippen MR) is 113 cm³/mol. The van der Waals surface area contributed by atoms with E-state index in [2.05, 4.69) is 10.7 Å². The molecule has 2 aromatic rings. The zero-order valence-corrected chi connectivity index (χ0v) is 18.2. The van der Waals surface area contributed by atoms with Crippen molar-refractivity contribution in [2.24, 2.45) is 5.92 Å². The van der Waals surface area contributed by atoms with Crippen LogP contribution in [0.1, 0.15) is 18.4 Å². The van der Waals surface area contributed by atoms with Crippen molar-refractivity contribution in [1.82, 2.24) is 15.9 Å². The molecule has 1 unspecified atom stereocenters. The number of nitrogens with zero attached hydrogens (tertiary/aromatic N) is 1. The Hall–Kier alpha value is -2.17. The quantitative estimate of drug-likeness (QED) is 0.523. The van der Waals surface area contributed by atoms with Crippen molar-refractivity contribution in [3.8, 4) is 5.75 Å². The molecule has 1 atom stereocenters. The molecule has 10 heteroatoms. The third-order valence-corrected chi connectivity index (χ3v) is 6.71. The molecule has 1 amide bonds.